The van der Waals surface area contributed by atoms with Crippen molar-refractivity contribution in [2.45, 2.75) is 84.7 Å². The van der Waals surface area contributed by atoms with Crippen LogP contribution in [0.2, 0.25) is 0 Å². The maximum atomic E-state index is 12.2. The smallest absolute Gasteiger partial charge is 0.330 e. The van der Waals surface area contributed by atoms with E-state index in [0.717, 1.165) is 18.4 Å². The maximum Gasteiger partial charge on any atom is 0.330 e. The van der Waals surface area contributed by atoms with Crippen molar-refractivity contribution >= 4 is 5.97 Å². The SMILES string of the molecule is CC(C)=CC(=O)O[C@H]1C/C(C)=C\CC[C@]2(C)O[C@H]2[C@H](O)[C@@H]1C(C)C. The molecule has 1 heterocycles. The maximum absolute atomic E-state index is 12.2. The summed E-state index contributed by atoms with van der Waals surface area (Å²) in [5.41, 5.74) is 1.85. The number of aliphatic hydroxyl groups is 1. The van der Waals surface area contributed by atoms with Gasteiger partial charge in [-0.1, -0.05) is 31.1 Å². The Morgan fingerprint density at radius 2 is 2.12 bits per heavy atom. The monoisotopic (exact) mass is 336 g/mol. The van der Waals surface area contributed by atoms with E-state index in [2.05, 4.69) is 33.8 Å². The van der Waals surface area contributed by atoms with Crippen LogP contribution < -0.4 is 0 Å². The van der Waals surface area contributed by atoms with E-state index in [1.165, 1.54) is 11.6 Å². The van der Waals surface area contributed by atoms with E-state index in [9.17, 15) is 9.90 Å². The highest BCUT2D eigenvalue weighted by Crippen LogP contribution is 2.47. The zero-order valence-corrected chi connectivity index (χ0v) is 15.8. The average molecular weight is 336 g/mol. The molecule has 2 rings (SSSR count). The summed E-state index contributed by atoms with van der Waals surface area (Å²) in [5.74, 6) is -0.292. The summed E-state index contributed by atoms with van der Waals surface area (Å²) >= 11 is 0. The number of hydrogen-bond donors (Lipinski definition) is 1. The number of rotatable bonds is 3. The van der Waals surface area contributed by atoms with Crippen LogP contribution in [-0.2, 0) is 14.3 Å². The summed E-state index contributed by atoms with van der Waals surface area (Å²) in [5, 5.41) is 10.9. The fourth-order valence-corrected chi connectivity index (χ4v) is 3.81. The first kappa shape index (κ1) is 19.2. The molecule has 0 radical (unpaired) electrons. The largest absolute Gasteiger partial charge is 0.458 e. The van der Waals surface area contributed by atoms with Crippen LogP contribution in [0.4, 0.5) is 0 Å². The number of esters is 1. The number of allylic oxidation sites excluding steroid dienone is 2. The number of aliphatic hydroxyl groups excluding tert-OH is 1. The number of ether oxygens (including phenoxy) is 2. The fourth-order valence-electron chi connectivity index (χ4n) is 3.81. The molecular formula is C20H32O4. The van der Waals surface area contributed by atoms with Crippen LogP contribution in [0.3, 0.4) is 0 Å². The molecule has 0 aromatic carbocycles. The molecule has 5 atom stereocenters. The summed E-state index contributed by atoms with van der Waals surface area (Å²) in [6.45, 7) is 12.0. The van der Waals surface area contributed by atoms with Gasteiger partial charge in [-0.2, -0.15) is 0 Å². The van der Waals surface area contributed by atoms with Gasteiger partial charge in [-0.25, -0.2) is 4.79 Å². The van der Waals surface area contributed by atoms with E-state index >= 15 is 0 Å². The highest BCUT2D eigenvalue weighted by Gasteiger charge is 2.58. The van der Waals surface area contributed by atoms with Gasteiger partial charge in [0.25, 0.3) is 0 Å². The van der Waals surface area contributed by atoms with Crippen LogP contribution >= 0.6 is 0 Å². The second kappa shape index (κ2) is 7.40. The first-order valence-electron chi connectivity index (χ1n) is 9.01. The van der Waals surface area contributed by atoms with Gasteiger partial charge >= 0.3 is 5.97 Å². The Morgan fingerprint density at radius 1 is 1.46 bits per heavy atom. The molecule has 4 heteroatoms. The molecule has 0 saturated carbocycles. The number of fused-ring (bicyclic) bond motifs is 1. The number of hydrogen-bond acceptors (Lipinski definition) is 4. The van der Waals surface area contributed by atoms with Crippen molar-refractivity contribution in [2.24, 2.45) is 11.8 Å². The highest BCUT2D eigenvalue weighted by molar-refractivity contribution is 5.82. The van der Waals surface area contributed by atoms with Crippen molar-refractivity contribution in [3.63, 3.8) is 0 Å². The van der Waals surface area contributed by atoms with E-state index in [4.69, 9.17) is 9.47 Å². The summed E-state index contributed by atoms with van der Waals surface area (Å²) in [6, 6.07) is 0. The van der Waals surface area contributed by atoms with Gasteiger partial charge in [-0.3, -0.25) is 0 Å². The second-order valence-electron chi connectivity index (χ2n) is 8.15. The molecular weight excluding hydrogens is 304 g/mol. The average Bonchev–Trinajstić information content (AvgIpc) is 3.08. The molecule has 24 heavy (non-hydrogen) atoms. The van der Waals surface area contributed by atoms with E-state index in [0.29, 0.717) is 6.42 Å². The molecule has 4 nitrogen and oxygen atoms in total. The predicted molar refractivity (Wildman–Crippen MR) is 94.5 cm³/mol. The van der Waals surface area contributed by atoms with Gasteiger partial charge in [-0.15, -0.1) is 0 Å². The Morgan fingerprint density at radius 3 is 2.71 bits per heavy atom. The fraction of sp³-hybridized carbons (Fsp3) is 0.750. The lowest BCUT2D eigenvalue weighted by Gasteiger charge is -2.34. The van der Waals surface area contributed by atoms with Crippen molar-refractivity contribution in [2.75, 3.05) is 0 Å². The molecule has 1 aliphatic heterocycles. The molecule has 1 fully saturated rings. The molecule has 0 amide bonds. The first-order chi connectivity index (χ1) is 11.1. The molecule has 1 aliphatic carbocycles. The molecule has 136 valence electrons. The van der Waals surface area contributed by atoms with E-state index < -0.39 is 6.10 Å². The molecule has 0 aromatic heterocycles. The standard InChI is InChI=1S/C20H32O4/c1-12(2)10-16(21)23-15-11-14(5)8-7-9-20(6)19(24-20)18(22)17(15)13(3)4/h8,10,13,15,17-19,22H,7,9,11H2,1-6H3/b14-8-/t15-,17+,18+,19-,20-/m0/s1. The van der Waals surface area contributed by atoms with Crippen molar-refractivity contribution in [1.82, 2.24) is 0 Å². The van der Waals surface area contributed by atoms with Crippen LogP contribution in [0.15, 0.2) is 23.3 Å². The Labute approximate surface area is 145 Å². The normalized spacial score (nSPS) is 38.6. The summed E-state index contributed by atoms with van der Waals surface area (Å²) in [4.78, 5) is 12.2. The minimum Gasteiger partial charge on any atom is -0.458 e. The Kier molecular flexibility index (Phi) is 5.92. The molecule has 0 aromatic rings. The quantitative estimate of drug-likeness (QED) is 0.369. The Balaban J connectivity index is 2.29. The van der Waals surface area contributed by atoms with Crippen LogP contribution in [0, 0.1) is 11.8 Å². The topological polar surface area (TPSA) is 59.1 Å². The molecule has 0 bridgehead atoms. The lowest BCUT2D eigenvalue weighted by atomic mass is 9.78. The van der Waals surface area contributed by atoms with Crippen LogP contribution in [0.5, 0.6) is 0 Å². The molecule has 2 aliphatic rings. The van der Waals surface area contributed by atoms with Gasteiger partial charge < -0.3 is 14.6 Å². The lowest BCUT2D eigenvalue weighted by Crippen LogP contribution is -2.43. The summed E-state index contributed by atoms with van der Waals surface area (Å²) in [7, 11) is 0. The number of epoxide rings is 1. The van der Waals surface area contributed by atoms with Crippen LogP contribution in [0.25, 0.3) is 0 Å². The predicted octanol–water partition coefficient (Wildman–Crippen LogP) is 3.79. The van der Waals surface area contributed by atoms with Crippen molar-refractivity contribution in [3.05, 3.63) is 23.3 Å². The molecule has 0 unspecified atom stereocenters. The second-order valence-corrected chi connectivity index (χ2v) is 8.15. The zero-order valence-electron chi connectivity index (χ0n) is 15.8. The third-order valence-electron chi connectivity index (χ3n) is 5.18. The van der Waals surface area contributed by atoms with Crippen molar-refractivity contribution in [1.29, 1.82) is 0 Å². The Hall–Kier alpha value is -1.13. The third kappa shape index (κ3) is 4.48. The highest BCUT2D eigenvalue weighted by atomic mass is 16.6. The van der Waals surface area contributed by atoms with E-state index in [1.54, 1.807) is 0 Å². The summed E-state index contributed by atoms with van der Waals surface area (Å²) < 4.78 is 11.6. The Bertz CT molecular complexity index is 530. The molecule has 1 N–H and O–H groups in total. The first-order valence-corrected chi connectivity index (χ1v) is 9.01. The van der Waals surface area contributed by atoms with Gasteiger partial charge in [0.1, 0.15) is 12.2 Å². The van der Waals surface area contributed by atoms with E-state index in [-0.39, 0.29) is 35.6 Å². The number of carbonyl (C=O) groups is 1. The van der Waals surface area contributed by atoms with Gasteiger partial charge in [0.2, 0.25) is 0 Å². The molecule has 1 saturated heterocycles. The van der Waals surface area contributed by atoms with Gasteiger partial charge in [0.15, 0.2) is 0 Å². The lowest BCUT2D eigenvalue weighted by molar-refractivity contribution is -0.150. The molecule has 0 spiro atoms. The third-order valence-corrected chi connectivity index (χ3v) is 5.18. The van der Waals surface area contributed by atoms with Crippen LogP contribution in [-0.4, -0.2) is 35.0 Å². The minimum atomic E-state index is -0.620. The zero-order chi connectivity index (χ0) is 18.1. The number of carbonyl (C=O) groups excluding carboxylic acids is 1. The van der Waals surface area contributed by atoms with Crippen molar-refractivity contribution in [3.8, 4) is 0 Å². The van der Waals surface area contributed by atoms with Gasteiger partial charge in [-0.05, 0) is 46.5 Å². The van der Waals surface area contributed by atoms with Gasteiger partial charge in [0, 0.05) is 18.4 Å². The van der Waals surface area contributed by atoms with Crippen LogP contribution in [0.1, 0.15) is 60.8 Å². The van der Waals surface area contributed by atoms with Gasteiger partial charge in [0.05, 0.1) is 11.7 Å². The van der Waals surface area contributed by atoms with Crippen molar-refractivity contribution < 1.29 is 19.4 Å². The summed E-state index contributed by atoms with van der Waals surface area (Å²) in [6.07, 6.45) is 5.09. The van der Waals surface area contributed by atoms with E-state index in [1.807, 2.05) is 13.8 Å². The minimum absolute atomic E-state index is 0.146.